The Hall–Kier alpha value is -4.07. The van der Waals surface area contributed by atoms with Gasteiger partial charge >= 0.3 is 5.97 Å². The van der Waals surface area contributed by atoms with E-state index >= 15 is 0 Å². The number of amides is 4. The quantitative estimate of drug-likeness (QED) is 0.317. The van der Waals surface area contributed by atoms with E-state index in [0.29, 0.717) is 0 Å². The van der Waals surface area contributed by atoms with E-state index in [1.54, 1.807) is 18.2 Å². The molecule has 0 radical (unpaired) electrons. The number of imide groups is 2. The normalized spacial score (nSPS) is 26.4. The van der Waals surface area contributed by atoms with Crippen LogP contribution >= 0.6 is 0 Å². The van der Waals surface area contributed by atoms with Crippen molar-refractivity contribution in [2.24, 2.45) is 23.7 Å². The first-order valence-electron chi connectivity index (χ1n) is 10.1. The molecule has 3 aliphatic rings. The summed E-state index contributed by atoms with van der Waals surface area (Å²) in [6.07, 6.45) is 2.89. The van der Waals surface area contributed by atoms with Crippen molar-refractivity contribution >= 4 is 41.4 Å². The Kier molecular flexibility index (Phi) is 4.51. The number of hydrogen-bond acceptors (Lipinski definition) is 6. The molecule has 32 heavy (non-hydrogen) atoms. The highest BCUT2D eigenvalue weighted by Gasteiger charge is 2.73. The zero-order valence-corrected chi connectivity index (χ0v) is 17.0. The van der Waals surface area contributed by atoms with Crippen LogP contribution in [0.3, 0.4) is 0 Å². The van der Waals surface area contributed by atoms with Crippen molar-refractivity contribution < 1.29 is 28.7 Å². The third kappa shape index (κ3) is 2.87. The molecule has 2 aromatic rings. The largest absolute Gasteiger partial charge is 0.423 e. The summed E-state index contributed by atoms with van der Waals surface area (Å²) in [4.78, 5) is 64.7. The summed E-state index contributed by atoms with van der Waals surface area (Å²) in [5.74, 6) is -5.50. The Balaban J connectivity index is 1.34. The van der Waals surface area contributed by atoms with Crippen LogP contribution in [0.4, 0.5) is 5.69 Å². The van der Waals surface area contributed by atoms with E-state index in [0.717, 1.165) is 15.4 Å². The maximum absolute atomic E-state index is 13.0. The predicted octanol–water partition coefficient (Wildman–Crippen LogP) is 1.66. The number of likely N-dealkylation sites (tertiary alicyclic amines) is 1. The number of ether oxygens (including phenoxy) is 1. The monoisotopic (exact) mass is 430 g/mol. The molecule has 2 aliphatic heterocycles. The molecule has 0 spiro atoms. The lowest BCUT2D eigenvalue weighted by Crippen LogP contribution is -2.50. The minimum absolute atomic E-state index is 0.164. The first-order valence-corrected chi connectivity index (χ1v) is 10.1. The van der Waals surface area contributed by atoms with Crippen LogP contribution in [0.1, 0.15) is 5.56 Å². The van der Waals surface area contributed by atoms with Crippen molar-refractivity contribution in [3.8, 4) is 5.75 Å². The van der Waals surface area contributed by atoms with Gasteiger partial charge in [0.05, 0.1) is 29.4 Å². The molecule has 4 unspecified atom stereocenters. The van der Waals surface area contributed by atoms with Gasteiger partial charge in [-0.15, -0.1) is 0 Å². The summed E-state index contributed by atoms with van der Waals surface area (Å²) < 4.78 is 5.31. The third-order valence-electron chi connectivity index (χ3n) is 6.30. The highest BCUT2D eigenvalue weighted by atomic mass is 16.5. The summed E-state index contributed by atoms with van der Waals surface area (Å²) in [7, 11) is 1.37. The molecule has 2 heterocycles. The highest BCUT2D eigenvalue weighted by Crippen LogP contribution is 2.56. The molecule has 8 nitrogen and oxygen atoms in total. The molecule has 0 N–H and O–H groups in total. The average molecular weight is 430 g/mol. The predicted molar refractivity (Wildman–Crippen MR) is 112 cm³/mol. The van der Waals surface area contributed by atoms with Gasteiger partial charge in [-0.25, -0.2) is 9.69 Å². The number of benzene rings is 2. The molecule has 4 atom stereocenters. The van der Waals surface area contributed by atoms with Crippen LogP contribution in [0.15, 0.2) is 60.7 Å². The van der Waals surface area contributed by atoms with Crippen molar-refractivity contribution in [2.75, 3.05) is 11.9 Å². The van der Waals surface area contributed by atoms with Crippen molar-refractivity contribution in [3.63, 3.8) is 0 Å². The summed E-state index contributed by atoms with van der Waals surface area (Å²) in [6.45, 7) is 0. The Morgan fingerprint density at radius 1 is 0.812 bits per heavy atom. The number of anilines is 1. The maximum Gasteiger partial charge on any atom is 0.336 e. The first-order chi connectivity index (χ1) is 15.4. The summed E-state index contributed by atoms with van der Waals surface area (Å²) in [5, 5.41) is 0. The Morgan fingerprint density at radius 3 is 2.03 bits per heavy atom. The fourth-order valence-electron chi connectivity index (χ4n) is 4.76. The lowest BCUT2D eigenvalue weighted by molar-refractivity contribution is -0.146. The van der Waals surface area contributed by atoms with Crippen molar-refractivity contribution in [3.05, 3.63) is 66.2 Å². The Labute approximate surface area is 183 Å². The van der Waals surface area contributed by atoms with E-state index in [4.69, 9.17) is 4.74 Å². The number of nitrogens with zero attached hydrogens (tertiary/aromatic N) is 2. The summed E-state index contributed by atoms with van der Waals surface area (Å²) >= 11 is 0. The maximum atomic E-state index is 13.0. The molecule has 2 saturated heterocycles. The molecule has 5 rings (SSSR count). The number of carbonyl (C=O) groups is 5. The second-order valence-corrected chi connectivity index (χ2v) is 8.01. The second kappa shape index (κ2) is 7.26. The molecular weight excluding hydrogens is 412 g/mol. The van der Waals surface area contributed by atoms with Gasteiger partial charge in [-0.05, 0) is 23.8 Å². The van der Waals surface area contributed by atoms with Crippen molar-refractivity contribution in [1.82, 2.24) is 4.90 Å². The van der Waals surface area contributed by atoms with Crippen molar-refractivity contribution in [2.45, 2.75) is 0 Å². The standard InChI is InChI=1S/C24H18N2O6/c1-25-21(28)17-18(22(25)29)20-19(17)23(30)26(24(20)31)14-8-5-9-15(12-14)32-16(27)11-10-13-6-3-2-4-7-13/h2-12,17-20H,1H3/b11-10+. The highest BCUT2D eigenvalue weighted by molar-refractivity contribution is 6.27. The Bertz CT molecular complexity index is 1160. The number of carbonyl (C=O) groups excluding carboxylic acids is 5. The van der Waals surface area contributed by atoms with Crippen LogP contribution in [0.25, 0.3) is 6.08 Å². The minimum atomic E-state index is -0.825. The van der Waals surface area contributed by atoms with Gasteiger partial charge in [0, 0.05) is 19.2 Å². The fourth-order valence-corrected chi connectivity index (χ4v) is 4.76. The van der Waals surface area contributed by atoms with Gasteiger partial charge < -0.3 is 4.74 Å². The van der Waals surface area contributed by atoms with Crippen molar-refractivity contribution in [1.29, 1.82) is 0 Å². The molecule has 3 fully saturated rings. The molecule has 1 aliphatic carbocycles. The van der Waals surface area contributed by atoms with Gasteiger partial charge in [0.15, 0.2) is 0 Å². The molecule has 0 aromatic heterocycles. The zero-order valence-electron chi connectivity index (χ0n) is 17.0. The lowest BCUT2D eigenvalue weighted by atomic mass is 9.59. The van der Waals surface area contributed by atoms with Gasteiger partial charge in [0.25, 0.3) is 0 Å². The number of fused-ring (bicyclic) bond motifs is 4. The van der Waals surface area contributed by atoms with Crippen LogP contribution in [-0.4, -0.2) is 41.5 Å². The van der Waals surface area contributed by atoms with Gasteiger partial charge in [-0.3, -0.25) is 24.1 Å². The number of rotatable bonds is 4. The van der Waals surface area contributed by atoms with E-state index < -0.39 is 53.3 Å². The van der Waals surface area contributed by atoms with Gasteiger partial charge in [0.1, 0.15) is 5.75 Å². The van der Waals surface area contributed by atoms with Gasteiger partial charge in [-0.1, -0.05) is 36.4 Å². The molecule has 160 valence electrons. The minimum Gasteiger partial charge on any atom is -0.423 e. The van der Waals surface area contributed by atoms with Crippen LogP contribution in [-0.2, 0) is 24.0 Å². The third-order valence-corrected chi connectivity index (χ3v) is 6.30. The van der Waals surface area contributed by atoms with E-state index in [2.05, 4.69) is 0 Å². The van der Waals surface area contributed by atoms with E-state index in [1.165, 1.54) is 25.3 Å². The molecule has 4 amide bonds. The fraction of sp³-hybridized carbons (Fsp3) is 0.208. The SMILES string of the molecule is CN1C(=O)C2C(C1=O)C1C(=O)N(c3cccc(OC(=O)/C=C/c4ccccc4)c3)C(=O)C21. The molecule has 0 bridgehead atoms. The molecule has 1 saturated carbocycles. The summed E-state index contributed by atoms with van der Waals surface area (Å²) in [6, 6.07) is 15.3. The van der Waals surface area contributed by atoms with Gasteiger partial charge in [-0.2, -0.15) is 0 Å². The molecule has 2 aromatic carbocycles. The van der Waals surface area contributed by atoms with Crippen LogP contribution in [0.5, 0.6) is 5.75 Å². The van der Waals surface area contributed by atoms with E-state index in [-0.39, 0.29) is 11.4 Å². The number of hydrogen-bond donors (Lipinski definition) is 0. The summed E-state index contributed by atoms with van der Waals surface area (Å²) in [5.41, 5.74) is 1.07. The zero-order chi connectivity index (χ0) is 22.6. The Morgan fingerprint density at radius 2 is 1.41 bits per heavy atom. The first kappa shape index (κ1) is 19.9. The average Bonchev–Trinajstić information content (AvgIpc) is 3.08. The van der Waals surface area contributed by atoms with E-state index in [9.17, 15) is 24.0 Å². The van der Waals surface area contributed by atoms with Crippen LogP contribution in [0.2, 0.25) is 0 Å². The van der Waals surface area contributed by atoms with E-state index in [1.807, 2.05) is 30.3 Å². The van der Waals surface area contributed by atoms with Gasteiger partial charge in [0.2, 0.25) is 23.6 Å². The molecular formula is C24H18N2O6. The molecule has 8 heteroatoms. The van der Waals surface area contributed by atoms with Crippen LogP contribution in [0, 0.1) is 23.7 Å². The second-order valence-electron chi connectivity index (χ2n) is 8.01. The topological polar surface area (TPSA) is 101 Å². The smallest absolute Gasteiger partial charge is 0.336 e. The van der Waals surface area contributed by atoms with Crippen LogP contribution < -0.4 is 9.64 Å². The lowest BCUT2D eigenvalue weighted by Gasteiger charge is -2.36. The number of esters is 1.